The minimum atomic E-state index is -1.48. The second-order valence-electron chi connectivity index (χ2n) is 13.4. The van der Waals surface area contributed by atoms with E-state index in [0.717, 1.165) is 12.1 Å². The predicted octanol–water partition coefficient (Wildman–Crippen LogP) is 11.3. The maximum absolute atomic E-state index is 16.0. The Kier molecular flexibility index (Phi) is 11.8. The van der Waals surface area contributed by atoms with Gasteiger partial charge in [-0.15, -0.1) is 23.2 Å². The Hall–Kier alpha value is -2.67. The van der Waals surface area contributed by atoms with Gasteiger partial charge in [0.15, 0.2) is 17.4 Å². The Morgan fingerprint density at radius 1 is 0.880 bits per heavy atom. The molecule has 0 radical (unpaired) electrons. The van der Waals surface area contributed by atoms with Crippen LogP contribution in [-0.4, -0.2) is 39.4 Å². The van der Waals surface area contributed by atoms with E-state index in [1.807, 2.05) is 0 Å². The van der Waals surface area contributed by atoms with E-state index in [-0.39, 0.29) is 36.8 Å². The number of carbonyl (C=O) groups excluding carboxylic acids is 4. The lowest BCUT2D eigenvalue weighted by Crippen LogP contribution is -2.44. The maximum atomic E-state index is 16.0. The summed E-state index contributed by atoms with van der Waals surface area (Å²) < 4.78 is 40.7. The molecule has 0 saturated heterocycles. The number of hydrogen-bond donors (Lipinski definition) is 1. The molecule has 0 aliphatic heterocycles. The highest BCUT2D eigenvalue weighted by molar-refractivity contribution is 9.10. The van der Waals surface area contributed by atoms with Gasteiger partial charge in [-0.1, -0.05) is 40.9 Å². The Morgan fingerprint density at radius 3 is 2.00 bits per heavy atom. The van der Waals surface area contributed by atoms with Crippen molar-refractivity contribution in [1.29, 1.82) is 0 Å². The summed E-state index contributed by atoms with van der Waals surface area (Å²) in [6.07, 6.45) is -3.49. The van der Waals surface area contributed by atoms with Crippen LogP contribution in [0.15, 0.2) is 46.9 Å². The molecule has 3 aromatic rings. The molecule has 1 fully saturated rings. The number of alkyl halides is 2. The van der Waals surface area contributed by atoms with Crippen LogP contribution in [0, 0.1) is 17.6 Å². The molecule has 3 aromatic carbocycles. The van der Waals surface area contributed by atoms with Gasteiger partial charge in [-0.05, 0) is 105 Å². The quantitative estimate of drug-likeness (QED) is 0.144. The number of benzene rings is 3. The first kappa shape index (κ1) is 40.1. The number of nitrogens with zero attached hydrogens (tertiary/aromatic N) is 1. The van der Waals surface area contributed by atoms with Crippen molar-refractivity contribution in [2.75, 3.05) is 10.2 Å². The van der Waals surface area contributed by atoms with Gasteiger partial charge in [0.2, 0.25) is 5.91 Å². The molecule has 1 saturated carbocycles. The lowest BCUT2D eigenvalue weighted by molar-refractivity contribution is -0.117. The summed E-state index contributed by atoms with van der Waals surface area (Å²) in [5.41, 5.74) is -3.16. The van der Waals surface area contributed by atoms with Crippen LogP contribution >= 0.6 is 73.9 Å². The molecular formula is C34H30BrCl5F2N2O6. The Morgan fingerprint density at radius 2 is 1.46 bits per heavy atom. The zero-order valence-electron chi connectivity index (χ0n) is 27.3. The Labute approximate surface area is 320 Å². The summed E-state index contributed by atoms with van der Waals surface area (Å²) in [6, 6.07) is 9.06. The molecule has 0 heterocycles. The third-order valence-corrected chi connectivity index (χ3v) is 10.0. The average Bonchev–Trinajstić information content (AvgIpc) is 3.55. The highest BCUT2D eigenvalue weighted by atomic mass is 79.9. The van der Waals surface area contributed by atoms with E-state index in [1.54, 1.807) is 12.1 Å². The third kappa shape index (κ3) is 9.03. The summed E-state index contributed by atoms with van der Waals surface area (Å²) in [5, 5.41) is 3.15. The number of anilines is 2. The molecule has 3 amide bonds. The van der Waals surface area contributed by atoms with Gasteiger partial charge in [0.05, 0.1) is 21.0 Å². The fourth-order valence-electron chi connectivity index (χ4n) is 4.92. The number of nitrogens with one attached hydrogen (secondary N) is 1. The topological polar surface area (TPSA) is 102 Å². The highest BCUT2D eigenvalue weighted by Crippen LogP contribution is 2.65. The lowest BCUT2D eigenvalue weighted by Gasteiger charge is -2.29. The molecule has 1 N–H and O–H groups in total. The second kappa shape index (κ2) is 14.8. The number of rotatable bonds is 7. The van der Waals surface area contributed by atoms with E-state index in [1.165, 1.54) is 59.7 Å². The van der Waals surface area contributed by atoms with Gasteiger partial charge in [0, 0.05) is 28.1 Å². The SMILES string of the molecule is CC(C)(C)OC(=O)N(C(=O)OC(C)(C)C)c1c(F)ccc(CC(=O)c2cc(NC(=O)C3C(c4cc(Cl)c(Cl)c(Br)c4)C3(Cl)Cl)ccc2Cl)c1F. The van der Waals surface area contributed by atoms with Gasteiger partial charge in [-0.3, -0.25) is 9.59 Å². The van der Waals surface area contributed by atoms with Gasteiger partial charge in [-0.2, -0.15) is 4.90 Å². The largest absolute Gasteiger partial charge is 0.443 e. The smallest absolute Gasteiger partial charge is 0.424 e. The van der Waals surface area contributed by atoms with Gasteiger partial charge in [0.1, 0.15) is 21.2 Å². The van der Waals surface area contributed by atoms with Crippen LogP contribution in [-0.2, 0) is 20.7 Å². The monoisotopic (exact) mass is 854 g/mol. The molecular weight excluding hydrogens is 828 g/mol. The number of amides is 3. The Balaban J connectivity index is 1.60. The zero-order valence-corrected chi connectivity index (χ0v) is 32.7. The molecule has 4 rings (SSSR count). The second-order valence-corrected chi connectivity index (χ2v) is 16.9. The molecule has 1 aliphatic rings. The molecule has 16 heteroatoms. The summed E-state index contributed by atoms with van der Waals surface area (Å²) in [7, 11) is 0. The predicted molar refractivity (Wildman–Crippen MR) is 194 cm³/mol. The van der Waals surface area contributed by atoms with Crippen LogP contribution in [0.5, 0.6) is 0 Å². The maximum Gasteiger partial charge on any atom is 0.424 e. The molecule has 268 valence electrons. The zero-order chi connectivity index (χ0) is 37.7. The van der Waals surface area contributed by atoms with E-state index in [9.17, 15) is 19.2 Å². The van der Waals surface area contributed by atoms with E-state index in [4.69, 9.17) is 67.5 Å². The third-order valence-electron chi connectivity index (χ3n) is 7.11. The molecule has 0 bridgehead atoms. The summed E-state index contributed by atoms with van der Waals surface area (Å²) in [5.74, 6) is -5.53. The fraction of sp³-hybridized carbons (Fsp3) is 0.353. The lowest BCUT2D eigenvalue weighted by atomic mass is 10.0. The number of Topliss-reactive ketones (excluding diaryl/α,β-unsaturated/α-hetero) is 1. The number of imide groups is 1. The first-order valence-electron chi connectivity index (χ1n) is 14.8. The Bertz CT molecular complexity index is 1850. The van der Waals surface area contributed by atoms with Gasteiger partial charge in [-0.25, -0.2) is 18.4 Å². The summed E-state index contributed by atoms with van der Waals surface area (Å²) in [4.78, 5) is 53.0. The standard InChI is InChI=1S/C34H30BrCl5F2N2O6/c1-32(2,3)49-30(47)44(31(48)50-33(4,5)6)28-22(41)10-7-15(27(28)42)13-23(45)18-14-17(8-9-20(18)36)43-29(46)25-24(34(25,39)40)16-11-19(35)26(38)21(37)12-16/h7-12,14,24-25H,13H2,1-6H3,(H,43,46). The van der Waals surface area contributed by atoms with Crippen LogP contribution in [0.4, 0.5) is 29.7 Å². The number of hydrogen-bond acceptors (Lipinski definition) is 6. The van der Waals surface area contributed by atoms with Crippen LogP contribution in [0.3, 0.4) is 0 Å². The summed E-state index contributed by atoms with van der Waals surface area (Å²) >= 11 is 34.9. The first-order valence-corrected chi connectivity index (χ1v) is 17.5. The van der Waals surface area contributed by atoms with Crippen molar-refractivity contribution in [2.45, 2.75) is 69.4 Å². The van der Waals surface area contributed by atoms with Crippen molar-refractivity contribution in [2.24, 2.45) is 5.92 Å². The van der Waals surface area contributed by atoms with Crippen molar-refractivity contribution in [3.8, 4) is 0 Å². The van der Waals surface area contributed by atoms with Crippen molar-refractivity contribution < 1.29 is 37.4 Å². The van der Waals surface area contributed by atoms with E-state index >= 15 is 8.78 Å². The highest BCUT2D eigenvalue weighted by Gasteiger charge is 2.67. The van der Waals surface area contributed by atoms with E-state index in [2.05, 4.69) is 21.2 Å². The number of carbonyl (C=O) groups is 4. The average molecular weight is 858 g/mol. The molecule has 0 aromatic heterocycles. The molecule has 2 atom stereocenters. The molecule has 50 heavy (non-hydrogen) atoms. The first-order chi connectivity index (χ1) is 22.9. The van der Waals surface area contributed by atoms with E-state index < -0.39 is 75.0 Å². The molecule has 2 unspecified atom stereocenters. The van der Waals surface area contributed by atoms with Crippen LogP contribution in [0.1, 0.15) is 68.9 Å². The van der Waals surface area contributed by atoms with Crippen molar-refractivity contribution >= 4 is 109 Å². The normalized spacial score (nSPS) is 16.8. The van der Waals surface area contributed by atoms with Crippen molar-refractivity contribution in [1.82, 2.24) is 0 Å². The number of ketones is 1. The minimum Gasteiger partial charge on any atom is -0.443 e. The van der Waals surface area contributed by atoms with Crippen LogP contribution in [0.2, 0.25) is 15.1 Å². The van der Waals surface area contributed by atoms with Gasteiger partial charge >= 0.3 is 12.2 Å². The fourth-order valence-corrected chi connectivity index (χ4v) is 6.90. The van der Waals surface area contributed by atoms with Gasteiger partial charge < -0.3 is 14.8 Å². The van der Waals surface area contributed by atoms with E-state index in [0.29, 0.717) is 10.0 Å². The van der Waals surface area contributed by atoms with Crippen molar-refractivity contribution in [3.63, 3.8) is 0 Å². The number of halogens is 8. The van der Waals surface area contributed by atoms with Crippen LogP contribution in [0.25, 0.3) is 0 Å². The summed E-state index contributed by atoms with van der Waals surface area (Å²) in [6.45, 7) is 9.00. The molecule has 0 spiro atoms. The van der Waals surface area contributed by atoms with Crippen LogP contribution < -0.4 is 10.2 Å². The van der Waals surface area contributed by atoms with Gasteiger partial charge in [0.25, 0.3) is 0 Å². The van der Waals surface area contributed by atoms with Crippen molar-refractivity contribution in [3.05, 3.63) is 90.3 Å². The minimum absolute atomic E-state index is 0.0335. The molecule has 8 nitrogen and oxygen atoms in total. The number of ether oxygens (including phenoxy) is 2. The molecule has 1 aliphatic carbocycles.